The Labute approximate surface area is 115 Å². The highest BCUT2D eigenvalue weighted by atomic mass is 16.2. The molecule has 0 amide bonds. The molecule has 0 fully saturated rings. The summed E-state index contributed by atoms with van der Waals surface area (Å²) >= 11 is 0. The summed E-state index contributed by atoms with van der Waals surface area (Å²) < 4.78 is 0. The van der Waals surface area contributed by atoms with Crippen LogP contribution < -0.4 is 0 Å². The number of aliphatic hydroxyl groups excluding tert-OH is 1. The summed E-state index contributed by atoms with van der Waals surface area (Å²) in [6.07, 6.45) is 21.8. The quantitative estimate of drug-likeness (QED) is 0.315. The van der Waals surface area contributed by atoms with Crippen molar-refractivity contribution in [2.45, 2.75) is 90.4 Å². The predicted molar refractivity (Wildman–Crippen MR) is 81.9 cm³/mol. The Kier molecular flexibility index (Phi) is 16.4. The van der Waals surface area contributed by atoms with Gasteiger partial charge in [-0.1, -0.05) is 83.3 Å². The number of aliphatic hydroxyl groups is 1. The molecule has 0 atom stereocenters. The highest BCUT2D eigenvalue weighted by Gasteiger charge is 1.92. The zero-order valence-corrected chi connectivity index (χ0v) is 12.5. The molecule has 0 heterocycles. The molecular weight excluding hydrogens is 220 g/mol. The van der Waals surface area contributed by atoms with E-state index in [1.165, 1.54) is 77.0 Å². The van der Waals surface area contributed by atoms with Crippen molar-refractivity contribution in [1.82, 2.24) is 0 Å². The number of rotatable bonds is 14. The molecule has 0 aromatic rings. The van der Waals surface area contributed by atoms with Gasteiger partial charge in [-0.25, -0.2) is 0 Å². The zero-order valence-electron chi connectivity index (χ0n) is 12.5. The van der Waals surface area contributed by atoms with Crippen molar-refractivity contribution in [1.29, 1.82) is 0 Å². The van der Waals surface area contributed by atoms with E-state index >= 15 is 0 Å². The molecule has 1 heteroatoms. The van der Waals surface area contributed by atoms with Crippen molar-refractivity contribution >= 4 is 0 Å². The lowest BCUT2D eigenvalue weighted by Crippen LogP contribution is -1.82. The predicted octanol–water partition coefficient (Wildman–Crippen LogP) is 5.63. The number of hydrogen-bond donors (Lipinski definition) is 1. The lowest BCUT2D eigenvalue weighted by atomic mass is 10.1. The SMILES string of the molecule is CCCCCCCCCCCCCC=CCCO. The second-order valence-corrected chi connectivity index (χ2v) is 5.31. The Bertz CT molecular complexity index is 163. The highest BCUT2D eigenvalue weighted by molar-refractivity contribution is 4.80. The first-order chi connectivity index (χ1) is 8.91. The first-order valence-corrected chi connectivity index (χ1v) is 8.17. The summed E-state index contributed by atoms with van der Waals surface area (Å²) in [6.45, 7) is 2.56. The summed E-state index contributed by atoms with van der Waals surface area (Å²) in [5.74, 6) is 0. The Hall–Kier alpha value is -0.300. The smallest absolute Gasteiger partial charge is 0.0465 e. The lowest BCUT2D eigenvalue weighted by molar-refractivity contribution is 0.302. The van der Waals surface area contributed by atoms with E-state index in [9.17, 15) is 0 Å². The van der Waals surface area contributed by atoms with E-state index in [1.54, 1.807) is 0 Å². The number of hydrogen-bond acceptors (Lipinski definition) is 1. The molecule has 0 spiro atoms. The van der Waals surface area contributed by atoms with Crippen LogP contribution in [-0.2, 0) is 0 Å². The van der Waals surface area contributed by atoms with Crippen molar-refractivity contribution in [3.05, 3.63) is 12.2 Å². The molecule has 0 saturated carbocycles. The van der Waals surface area contributed by atoms with Gasteiger partial charge in [0.15, 0.2) is 0 Å². The molecule has 0 radical (unpaired) electrons. The van der Waals surface area contributed by atoms with Crippen LogP contribution in [0.1, 0.15) is 90.4 Å². The van der Waals surface area contributed by atoms with Crippen LogP contribution in [0.3, 0.4) is 0 Å². The van der Waals surface area contributed by atoms with Crippen LogP contribution in [-0.4, -0.2) is 11.7 Å². The van der Waals surface area contributed by atoms with E-state index in [-0.39, 0.29) is 6.61 Å². The average Bonchev–Trinajstić information content (AvgIpc) is 2.39. The molecule has 108 valence electrons. The first kappa shape index (κ1) is 17.7. The van der Waals surface area contributed by atoms with E-state index in [0.29, 0.717) is 0 Å². The van der Waals surface area contributed by atoms with Gasteiger partial charge in [0.25, 0.3) is 0 Å². The molecule has 0 aromatic heterocycles. The fourth-order valence-electron chi connectivity index (χ4n) is 2.24. The molecule has 0 aliphatic rings. The Balaban J connectivity index is 2.94. The number of allylic oxidation sites excluding steroid dienone is 1. The summed E-state index contributed by atoms with van der Waals surface area (Å²) in [6, 6.07) is 0. The van der Waals surface area contributed by atoms with Crippen LogP contribution in [0, 0.1) is 0 Å². The third-order valence-corrected chi connectivity index (χ3v) is 3.44. The minimum absolute atomic E-state index is 0.286. The summed E-state index contributed by atoms with van der Waals surface area (Å²) in [4.78, 5) is 0. The standard InChI is InChI=1S/C17H34O/c1-2-3-4-5-6-7-8-9-10-11-12-13-14-15-16-17-18/h14-15,18H,2-13,16-17H2,1H3. The summed E-state index contributed by atoms with van der Waals surface area (Å²) in [5, 5.41) is 8.61. The van der Waals surface area contributed by atoms with Gasteiger partial charge in [0, 0.05) is 6.61 Å². The van der Waals surface area contributed by atoms with Gasteiger partial charge in [-0.3, -0.25) is 0 Å². The van der Waals surface area contributed by atoms with Crippen LogP contribution in [0.5, 0.6) is 0 Å². The molecule has 0 rings (SSSR count). The molecule has 0 aliphatic heterocycles. The zero-order chi connectivity index (χ0) is 13.3. The molecule has 1 N–H and O–H groups in total. The van der Waals surface area contributed by atoms with Crippen molar-refractivity contribution in [3.63, 3.8) is 0 Å². The number of unbranched alkanes of at least 4 members (excludes halogenated alkanes) is 11. The maximum Gasteiger partial charge on any atom is 0.0465 e. The summed E-state index contributed by atoms with van der Waals surface area (Å²) in [7, 11) is 0. The second-order valence-electron chi connectivity index (χ2n) is 5.31. The van der Waals surface area contributed by atoms with Gasteiger partial charge in [-0.15, -0.1) is 0 Å². The van der Waals surface area contributed by atoms with Gasteiger partial charge in [-0.05, 0) is 19.3 Å². The maximum atomic E-state index is 8.61. The molecule has 0 aromatic carbocycles. The van der Waals surface area contributed by atoms with Crippen molar-refractivity contribution in [2.24, 2.45) is 0 Å². The largest absolute Gasteiger partial charge is 0.396 e. The van der Waals surface area contributed by atoms with Gasteiger partial charge in [0.2, 0.25) is 0 Å². The van der Waals surface area contributed by atoms with E-state index < -0.39 is 0 Å². The van der Waals surface area contributed by atoms with Gasteiger partial charge in [-0.2, -0.15) is 0 Å². The van der Waals surface area contributed by atoms with E-state index in [4.69, 9.17) is 5.11 Å². The fourth-order valence-corrected chi connectivity index (χ4v) is 2.24. The van der Waals surface area contributed by atoms with Gasteiger partial charge >= 0.3 is 0 Å². The molecule has 1 nitrogen and oxygen atoms in total. The van der Waals surface area contributed by atoms with Crippen LogP contribution in [0.25, 0.3) is 0 Å². The average molecular weight is 254 g/mol. The van der Waals surface area contributed by atoms with Crippen LogP contribution >= 0.6 is 0 Å². The minimum Gasteiger partial charge on any atom is -0.396 e. The van der Waals surface area contributed by atoms with Crippen molar-refractivity contribution in [2.75, 3.05) is 6.61 Å². The van der Waals surface area contributed by atoms with Gasteiger partial charge in [0.05, 0.1) is 0 Å². The van der Waals surface area contributed by atoms with Crippen molar-refractivity contribution < 1.29 is 5.11 Å². The van der Waals surface area contributed by atoms with Crippen molar-refractivity contribution in [3.8, 4) is 0 Å². The second kappa shape index (κ2) is 16.7. The highest BCUT2D eigenvalue weighted by Crippen LogP contribution is 2.11. The van der Waals surface area contributed by atoms with E-state index in [1.807, 2.05) is 0 Å². The molecule has 18 heavy (non-hydrogen) atoms. The van der Waals surface area contributed by atoms with E-state index in [2.05, 4.69) is 19.1 Å². The lowest BCUT2D eigenvalue weighted by Gasteiger charge is -2.01. The molecule has 0 unspecified atom stereocenters. The van der Waals surface area contributed by atoms with Crippen LogP contribution in [0.15, 0.2) is 12.2 Å². The normalized spacial score (nSPS) is 11.4. The first-order valence-electron chi connectivity index (χ1n) is 8.17. The van der Waals surface area contributed by atoms with Gasteiger partial charge < -0.3 is 5.11 Å². The van der Waals surface area contributed by atoms with Crippen LogP contribution in [0.2, 0.25) is 0 Å². The topological polar surface area (TPSA) is 20.2 Å². The summed E-state index contributed by atoms with van der Waals surface area (Å²) in [5.41, 5.74) is 0. The minimum atomic E-state index is 0.286. The third kappa shape index (κ3) is 15.7. The Morgan fingerprint density at radius 2 is 1.06 bits per heavy atom. The fraction of sp³-hybridized carbons (Fsp3) is 0.882. The molecule has 0 saturated heterocycles. The van der Waals surface area contributed by atoms with Gasteiger partial charge in [0.1, 0.15) is 0 Å². The molecule has 0 bridgehead atoms. The third-order valence-electron chi connectivity index (χ3n) is 3.44. The monoisotopic (exact) mass is 254 g/mol. The molecule has 0 aliphatic carbocycles. The Morgan fingerprint density at radius 3 is 1.56 bits per heavy atom. The van der Waals surface area contributed by atoms with E-state index in [0.717, 1.165) is 6.42 Å². The maximum absolute atomic E-state index is 8.61. The Morgan fingerprint density at radius 1 is 0.611 bits per heavy atom. The van der Waals surface area contributed by atoms with Crippen LogP contribution in [0.4, 0.5) is 0 Å². The molecular formula is C17H34O.